The molecule has 2 aromatic rings. The normalized spacial score (nSPS) is 17.9. The van der Waals surface area contributed by atoms with Crippen molar-refractivity contribution < 1.29 is 9.53 Å². The number of amides is 1. The number of carbonyl (C=O) groups is 1. The summed E-state index contributed by atoms with van der Waals surface area (Å²) in [5.74, 6) is 2.54. The van der Waals surface area contributed by atoms with Crippen LogP contribution in [-0.2, 0) is 11.4 Å². The zero-order valence-corrected chi connectivity index (χ0v) is 18.9. The van der Waals surface area contributed by atoms with Gasteiger partial charge in [-0.15, -0.1) is 11.8 Å². The first-order valence-electron chi connectivity index (χ1n) is 10.5. The lowest BCUT2D eigenvalue weighted by Crippen LogP contribution is -2.32. The topological polar surface area (TPSA) is 29.5 Å². The van der Waals surface area contributed by atoms with Crippen LogP contribution < -0.4 is 4.74 Å². The maximum Gasteiger partial charge on any atom is 0.224 e. The van der Waals surface area contributed by atoms with Crippen molar-refractivity contribution in [1.82, 2.24) is 4.90 Å². The highest BCUT2D eigenvalue weighted by molar-refractivity contribution is 7.99. The van der Waals surface area contributed by atoms with Crippen LogP contribution in [0, 0.1) is 11.3 Å². The minimum absolute atomic E-state index is 0.118. The van der Waals surface area contributed by atoms with Gasteiger partial charge in [-0.3, -0.25) is 4.79 Å². The summed E-state index contributed by atoms with van der Waals surface area (Å²) >= 11 is 1.85. The van der Waals surface area contributed by atoms with Gasteiger partial charge in [0, 0.05) is 18.7 Å². The van der Waals surface area contributed by atoms with Gasteiger partial charge < -0.3 is 9.64 Å². The molecule has 3 nitrogen and oxygen atoms in total. The third-order valence-electron chi connectivity index (χ3n) is 5.11. The number of benzene rings is 2. The van der Waals surface area contributed by atoms with Crippen LogP contribution in [0.2, 0.25) is 0 Å². The Balaban J connectivity index is 1.58. The molecule has 2 aromatic carbocycles. The number of rotatable bonds is 7. The Morgan fingerprint density at radius 2 is 1.83 bits per heavy atom. The van der Waals surface area contributed by atoms with Gasteiger partial charge >= 0.3 is 0 Å². The van der Waals surface area contributed by atoms with Crippen LogP contribution in [-0.4, -0.2) is 23.1 Å². The van der Waals surface area contributed by atoms with Crippen molar-refractivity contribution in [2.24, 2.45) is 11.3 Å². The zero-order chi connectivity index (χ0) is 20.9. The molecule has 0 radical (unpaired) electrons. The monoisotopic (exact) mass is 411 g/mol. The van der Waals surface area contributed by atoms with E-state index in [1.165, 1.54) is 5.56 Å². The molecule has 3 rings (SSSR count). The van der Waals surface area contributed by atoms with Crippen molar-refractivity contribution in [3.63, 3.8) is 0 Å². The molecule has 0 N–H and O–H groups in total. The number of carbonyl (C=O) groups excluding carboxylic acids is 1. The molecule has 1 fully saturated rings. The molecule has 1 saturated heterocycles. The molecule has 1 aliphatic rings. The molecule has 0 bridgehead atoms. The molecule has 1 amide bonds. The molecular formula is C25H33NO2S. The van der Waals surface area contributed by atoms with E-state index < -0.39 is 0 Å². The summed E-state index contributed by atoms with van der Waals surface area (Å²) in [7, 11) is 0. The van der Waals surface area contributed by atoms with Crippen molar-refractivity contribution in [2.75, 3.05) is 12.3 Å². The summed E-state index contributed by atoms with van der Waals surface area (Å²) in [6.07, 6.45) is 1.70. The minimum Gasteiger partial charge on any atom is -0.489 e. The van der Waals surface area contributed by atoms with Crippen LogP contribution in [0.4, 0.5) is 0 Å². The Bertz CT molecular complexity index is 783. The van der Waals surface area contributed by atoms with Crippen molar-refractivity contribution in [1.29, 1.82) is 0 Å². The van der Waals surface area contributed by atoms with Crippen LogP contribution in [0.15, 0.2) is 54.6 Å². The van der Waals surface area contributed by atoms with E-state index in [1.54, 1.807) is 0 Å². The standard InChI is InChI=1S/C25H33NO2S/c1-19(17-25(2,3)4)16-23(27)26-14-15-29-24(26)21-10-12-22(13-11-21)28-18-20-8-6-5-7-9-20/h5-13,19,24H,14-18H2,1-4H3/t19-,24-/m1/s1. The second-order valence-electron chi connectivity index (χ2n) is 9.23. The van der Waals surface area contributed by atoms with Gasteiger partial charge in [-0.2, -0.15) is 0 Å². The number of hydrogen-bond donors (Lipinski definition) is 0. The van der Waals surface area contributed by atoms with Gasteiger partial charge in [0.05, 0.1) is 0 Å². The molecule has 2 atom stereocenters. The van der Waals surface area contributed by atoms with Crippen molar-refractivity contribution >= 4 is 17.7 Å². The first-order chi connectivity index (χ1) is 13.8. The zero-order valence-electron chi connectivity index (χ0n) is 18.1. The minimum atomic E-state index is 0.118. The smallest absolute Gasteiger partial charge is 0.224 e. The quantitative estimate of drug-likeness (QED) is 0.535. The fourth-order valence-corrected chi connectivity index (χ4v) is 5.28. The third kappa shape index (κ3) is 6.53. The van der Waals surface area contributed by atoms with Gasteiger partial charge in [0.2, 0.25) is 5.91 Å². The number of ether oxygens (including phenoxy) is 1. The van der Waals surface area contributed by atoms with E-state index in [0.717, 1.165) is 30.0 Å². The van der Waals surface area contributed by atoms with Gasteiger partial charge in [-0.25, -0.2) is 0 Å². The van der Waals surface area contributed by atoms with Crippen LogP contribution in [0.25, 0.3) is 0 Å². The van der Waals surface area contributed by atoms with E-state index >= 15 is 0 Å². The summed E-state index contributed by atoms with van der Waals surface area (Å²) < 4.78 is 5.90. The van der Waals surface area contributed by atoms with E-state index in [0.29, 0.717) is 18.9 Å². The maximum atomic E-state index is 12.9. The van der Waals surface area contributed by atoms with E-state index in [1.807, 2.05) is 42.1 Å². The van der Waals surface area contributed by atoms with Crippen molar-refractivity contribution in [3.05, 3.63) is 65.7 Å². The fraction of sp³-hybridized carbons (Fsp3) is 0.480. The highest BCUT2D eigenvalue weighted by atomic mass is 32.2. The van der Waals surface area contributed by atoms with Gasteiger partial charge in [0.1, 0.15) is 17.7 Å². The number of nitrogens with zero attached hydrogens (tertiary/aromatic N) is 1. The summed E-state index contributed by atoms with van der Waals surface area (Å²) in [6, 6.07) is 18.4. The average Bonchev–Trinajstić information content (AvgIpc) is 3.16. The third-order valence-corrected chi connectivity index (χ3v) is 6.37. The van der Waals surface area contributed by atoms with Gasteiger partial charge in [0.25, 0.3) is 0 Å². The molecule has 0 spiro atoms. The maximum absolute atomic E-state index is 12.9. The van der Waals surface area contributed by atoms with E-state index in [9.17, 15) is 4.79 Å². The first-order valence-corrected chi connectivity index (χ1v) is 11.5. The Labute approximate surface area is 179 Å². The van der Waals surface area contributed by atoms with Crippen molar-refractivity contribution in [3.8, 4) is 5.75 Å². The van der Waals surface area contributed by atoms with Crippen LogP contribution in [0.1, 0.15) is 57.0 Å². The summed E-state index contributed by atoms with van der Waals surface area (Å²) in [5.41, 5.74) is 2.59. The first kappa shape index (κ1) is 21.8. The molecule has 1 aliphatic heterocycles. The average molecular weight is 412 g/mol. The molecule has 156 valence electrons. The lowest BCUT2D eigenvalue weighted by molar-refractivity contribution is -0.132. The van der Waals surface area contributed by atoms with Gasteiger partial charge in [-0.1, -0.05) is 70.2 Å². The van der Waals surface area contributed by atoms with E-state index in [-0.39, 0.29) is 16.7 Å². The highest BCUT2D eigenvalue weighted by Gasteiger charge is 2.31. The summed E-state index contributed by atoms with van der Waals surface area (Å²) in [6.45, 7) is 10.3. The molecule has 0 aliphatic carbocycles. The molecule has 0 saturated carbocycles. The Kier molecular flexibility index (Phi) is 7.28. The molecular weight excluding hydrogens is 378 g/mol. The molecule has 1 heterocycles. The Hall–Kier alpha value is -1.94. The predicted molar refractivity (Wildman–Crippen MR) is 122 cm³/mol. The van der Waals surface area contributed by atoms with Crippen LogP contribution in [0.3, 0.4) is 0 Å². The second-order valence-corrected chi connectivity index (χ2v) is 10.4. The summed E-state index contributed by atoms with van der Waals surface area (Å²) in [4.78, 5) is 15.0. The highest BCUT2D eigenvalue weighted by Crippen LogP contribution is 2.39. The van der Waals surface area contributed by atoms with Crippen molar-refractivity contribution in [2.45, 2.75) is 52.5 Å². The van der Waals surface area contributed by atoms with Crippen LogP contribution in [0.5, 0.6) is 5.75 Å². The summed E-state index contributed by atoms with van der Waals surface area (Å²) in [5, 5.41) is 0.118. The Morgan fingerprint density at radius 3 is 2.48 bits per heavy atom. The second kappa shape index (κ2) is 9.71. The molecule has 0 aromatic heterocycles. The molecule has 29 heavy (non-hydrogen) atoms. The SMILES string of the molecule is C[C@H](CC(=O)N1CCS[C@@H]1c1ccc(OCc2ccccc2)cc1)CC(C)(C)C. The lowest BCUT2D eigenvalue weighted by Gasteiger charge is -2.28. The lowest BCUT2D eigenvalue weighted by atomic mass is 9.84. The number of hydrogen-bond acceptors (Lipinski definition) is 3. The molecule has 0 unspecified atom stereocenters. The van der Waals surface area contributed by atoms with Crippen LogP contribution >= 0.6 is 11.8 Å². The largest absolute Gasteiger partial charge is 0.489 e. The van der Waals surface area contributed by atoms with E-state index in [2.05, 4.69) is 56.9 Å². The predicted octanol–water partition coefficient (Wildman–Crippen LogP) is 6.30. The fourth-order valence-electron chi connectivity index (χ4n) is 4.00. The molecule has 4 heteroatoms. The van der Waals surface area contributed by atoms with Gasteiger partial charge in [-0.05, 0) is 41.0 Å². The Morgan fingerprint density at radius 1 is 1.14 bits per heavy atom. The number of thioether (sulfide) groups is 1. The van der Waals surface area contributed by atoms with E-state index in [4.69, 9.17) is 4.74 Å². The van der Waals surface area contributed by atoms with Gasteiger partial charge in [0.15, 0.2) is 0 Å².